The summed E-state index contributed by atoms with van der Waals surface area (Å²) in [5.41, 5.74) is 1.83. The van der Waals surface area contributed by atoms with Gasteiger partial charge < -0.3 is 9.11 Å². The maximum absolute atomic E-state index is 8.52. The Morgan fingerprint density at radius 3 is 1.37 bits per heavy atom. The van der Waals surface area contributed by atoms with Crippen molar-refractivity contribution >= 4 is 10.4 Å². The summed E-state index contributed by atoms with van der Waals surface area (Å²) in [6, 6.07) is 11.6. The molecule has 0 atom stereocenters. The zero-order chi connectivity index (χ0) is 14.7. The molecule has 0 aliphatic rings. The number of rotatable bonds is 1. The first-order chi connectivity index (χ1) is 8.97. The minimum atomic E-state index is -5.17. The van der Waals surface area contributed by atoms with E-state index in [9.17, 15) is 0 Å². The molecule has 0 amide bonds. The molecular weight excluding hydrogens is 311 g/mol. The number of hydrogen-bond acceptors (Lipinski definition) is 7. The molecule has 9 heteroatoms. The van der Waals surface area contributed by atoms with Gasteiger partial charge >= 0.3 is 21.0 Å². The Kier molecular flexibility index (Phi) is 8.76. The van der Waals surface area contributed by atoms with E-state index in [-0.39, 0.29) is 0 Å². The molecule has 0 spiro atoms. The average molecular weight is 319 g/mol. The molecule has 0 unspecified atom stereocenters. The second-order valence-corrected chi connectivity index (χ2v) is 3.65. The normalized spacial score (nSPS) is 9.47. The van der Waals surface area contributed by atoms with Gasteiger partial charge in [-0.2, -0.15) is 0 Å². The van der Waals surface area contributed by atoms with Crippen molar-refractivity contribution in [2.45, 2.75) is 0 Å². The maximum atomic E-state index is 8.52. The van der Waals surface area contributed by atoms with Crippen LogP contribution in [-0.4, -0.2) is 27.5 Å². The number of aromatic nitrogens is 2. The van der Waals surface area contributed by atoms with E-state index in [1.54, 1.807) is 12.4 Å². The summed E-state index contributed by atoms with van der Waals surface area (Å²) in [6.07, 6.45) is 3.54. The Morgan fingerprint density at radius 2 is 1.16 bits per heavy atom. The van der Waals surface area contributed by atoms with Gasteiger partial charge in [0.25, 0.3) is 0 Å². The van der Waals surface area contributed by atoms with E-state index >= 15 is 0 Å². The van der Waals surface area contributed by atoms with Crippen LogP contribution in [0.5, 0.6) is 0 Å². The van der Waals surface area contributed by atoms with Gasteiger partial charge in [-0.25, -0.2) is 0 Å². The van der Waals surface area contributed by atoms with Crippen LogP contribution in [0.4, 0.5) is 0 Å². The fourth-order valence-electron chi connectivity index (χ4n) is 1.03. The molecule has 0 saturated heterocycles. The minimum absolute atomic E-state index is 0.915. The van der Waals surface area contributed by atoms with Crippen LogP contribution in [0.25, 0.3) is 11.4 Å². The quantitative estimate of drug-likeness (QED) is 0.559. The molecule has 0 aliphatic carbocycles. The van der Waals surface area contributed by atoms with Crippen molar-refractivity contribution in [3.63, 3.8) is 0 Å². The Hall–Kier alpha value is -1.45. The van der Waals surface area contributed by atoms with Crippen molar-refractivity contribution in [3.8, 4) is 11.4 Å². The number of hydrogen-bond donors (Lipinski definition) is 0. The van der Waals surface area contributed by atoms with Crippen LogP contribution < -0.4 is 0 Å². The Bertz CT molecular complexity index is 519. The summed E-state index contributed by atoms with van der Waals surface area (Å²) >= 11 is 1.06. The standard InChI is InChI=1S/C10H8N2.H2O4S.O.V/c1-3-7-11-9(5-1)10-6-2-4-8-12-10;1-5(2,3)4;;/h1-8H;(H2,1,2,3,4);;/q;;;+2/p-2. The van der Waals surface area contributed by atoms with Crippen molar-refractivity contribution in [1.29, 1.82) is 0 Å². The maximum Gasteiger partial charge on any atom is 0.0886 e. The molecule has 0 fully saturated rings. The van der Waals surface area contributed by atoms with Gasteiger partial charge in [0.15, 0.2) is 0 Å². The van der Waals surface area contributed by atoms with Gasteiger partial charge in [-0.15, -0.1) is 0 Å². The second-order valence-electron chi connectivity index (χ2n) is 2.84. The first-order valence-corrected chi connectivity index (χ1v) is 6.54. The molecule has 2 rings (SSSR count). The summed E-state index contributed by atoms with van der Waals surface area (Å²) in [4.78, 5) is 8.37. The van der Waals surface area contributed by atoms with Gasteiger partial charge in [-0.1, -0.05) is 12.1 Å². The fraction of sp³-hybridized carbons (Fsp3) is 0. The fourth-order valence-corrected chi connectivity index (χ4v) is 1.03. The predicted molar refractivity (Wildman–Crippen MR) is 58.6 cm³/mol. The largest absolute Gasteiger partial charge is 0.255 e. The molecule has 99 valence electrons. The molecule has 0 radical (unpaired) electrons. The van der Waals surface area contributed by atoms with Crippen LogP contribution >= 0.6 is 0 Å². The van der Waals surface area contributed by atoms with Crippen molar-refractivity contribution in [2.24, 2.45) is 0 Å². The van der Waals surface area contributed by atoms with Gasteiger partial charge in [-0.3, -0.25) is 18.4 Å². The molecular formula is C10H8N2O5SV. The Morgan fingerprint density at radius 1 is 0.842 bits per heavy atom. The van der Waals surface area contributed by atoms with E-state index < -0.39 is 10.4 Å². The van der Waals surface area contributed by atoms with Crippen LogP contribution in [0, 0.1) is 0 Å². The molecule has 2 aromatic rings. The molecule has 0 aromatic carbocycles. The molecule has 2 aromatic heterocycles. The third kappa shape index (κ3) is 10.2. The van der Waals surface area contributed by atoms with E-state index in [0.717, 1.165) is 28.8 Å². The van der Waals surface area contributed by atoms with Crippen molar-refractivity contribution < 1.29 is 38.6 Å². The van der Waals surface area contributed by atoms with Crippen LogP contribution in [0.3, 0.4) is 0 Å². The summed E-state index contributed by atoms with van der Waals surface area (Å²) in [6.45, 7) is 0. The van der Waals surface area contributed by atoms with Gasteiger partial charge in [0.1, 0.15) is 0 Å². The topological polar surface area (TPSA) is 123 Å². The molecule has 19 heavy (non-hydrogen) atoms. The van der Waals surface area contributed by atoms with Gasteiger partial charge in [0.05, 0.1) is 11.4 Å². The van der Waals surface area contributed by atoms with Crippen LogP contribution in [0.15, 0.2) is 48.8 Å². The third-order valence-corrected chi connectivity index (χ3v) is 1.59. The molecule has 0 bridgehead atoms. The van der Waals surface area contributed by atoms with E-state index in [1.165, 1.54) is 0 Å². The average Bonchev–Trinajstić information content (AvgIpc) is 2.41. The summed E-state index contributed by atoms with van der Waals surface area (Å²) in [5.74, 6) is 0. The molecule has 0 saturated carbocycles. The number of nitrogens with zero attached hydrogens (tertiary/aromatic N) is 2. The van der Waals surface area contributed by atoms with E-state index in [2.05, 4.69) is 9.97 Å². The molecule has 0 N–H and O–H groups in total. The van der Waals surface area contributed by atoms with E-state index in [1.807, 2.05) is 36.4 Å². The first-order valence-electron chi connectivity index (χ1n) is 4.64. The minimum Gasteiger partial charge on any atom is -0.255 e. The summed E-state index contributed by atoms with van der Waals surface area (Å²) in [7, 11) is -5.17. The zero-order valence-electron chi connectivity index (χ0n) is 9.41. The smallest absolute Gasteiger partial charge is 0.0886 e. The van der Waals surface area contributed by atoms with Gasteiger partial charge in [-0.05, 0) is 24.3 Å². The second kappa shape index (κ2) is 9.48. The van der Waals surface area contributed by atoms with Crippen LogP contribution in [0.1, 0.15) is 0 Å². The first kappa shape index (κ1) is 17.6. The van der Waals surface area contributed by atoms with Crippen molar-refractivity contribution in [2.75, 3.05) is 0 Å². The van der Waals surface area contributed by atoms with Gasteiger partial charge in [0, 0.05) is 22.8 Å². The van der Waals surface area contributed by atoms with Gasteiger partial charge in [0.2, 0.25) is 0 Å². The molecule has 0 aliphatic heterocycles. The van der Waals surface area contributed by atoms with E-state index in [4.69, 9.17) is 21.2 Å². The predicted octanol–water partition coefficient (Wildman–Crippen LogP) is 0.684. The van der Waals surface area contributed by atoms with E-state index in [0.29, 0.717) is 0 Å². The summed E-state index contributed by atoms with van der Waals surface area (Å²) < 4.78 is 42.3. The van der Waals surface area contributed by atoms with Crippen molar-refractivity contribution in [3.05, 3.63) is 48.8 Å². The third-order valence-electron chi connectivity index (χ3n) is 1.59. The Labute approximate surface area is 119 Å². The van der Waals surface area contributed by atoms with Crippen molar-refractivity contribution in [1.82, 2.24) is 9.97 Å². The van der Waals surface area contributed by atoms with Crippen LogP contribution in [0.2, 0.25) is 0 Å². The van der Waals surface area contributed by atoms with Crippen LogP contribution in [-0.2, 0) is 31.4 Å². The number of pyridine rings is 2. The Balaban J connectivity index is 0.000000396. The SMILES string of the molecule is O=S(=O)([O-])[O-].[O]=[V+2].c1ccc(-c2ccccn2)nc1. The molecule has 7 nitrogen and oxygen atoms in total. The summed E-state index contributed by atoms with van der Waals surface area (Å²) in [5, 5.41) is 0. The monoisotopic (exact) mass is 319 g/mol. The zero-order valence-corrected chi connectivity index (χ0v) is 11.6. The molecule has 2 heterocycles.